The van der Waals surface area contributed by atoms with Crippen LogP contribution in [0.1, 0.15) is 28.3 Å². The highest BCUT2D eigenvalue weighted by molar-refractivity contribution is 5.93. The van der Waals surface area contributed by atoms with Crippen molar-refractivity contribution in [2.45, 2.75) is 20.3 Å². The lowest BCUT2D eigenvalue weighted by atomic mass is 10.1. The van der Waals surface area contributed by atoms with Gasteiger partial charge >= 0.3 is 0 Å². The van der Waals surface area contributed by atoms with Crippen LogP contribution < -0.4 is 5.32 Å². The number of hydrogen-bond donors (Lipinski definition) is 2. The van der Waals surface area contributed by atoms with E-state index >= 15 is 0 Å². The number of aromatic amines is 1. The van der Waals surface area contributed by atoms with Crippen LogP contribution in [0.4, 0.5) is 0 Å². The maximum absolute atomic E-state index is 12.0. The van der Waals surface area contributed by atoms with Gasteiger partial charge in [-0.1, -0.05) is 0 Å². The van der Waals surface area contributed by atoms with Gasteiger partial charge in [-0.2, -0.15) is 10.2 Å². The zero-order valence-electron chi connectivity index (χ0n) is 12.9. The Morgan fingerprint density at radius 3 is 2.86 bits per heavy atom. The minimum Gasteiger partial charge on any atom is -0.385 e. The van der Waals surface area contributed by atoms with Gasteiger partial charge in [0.25, 0.3) is 5.91 Å². The quantitative estimate of drug-likeness (QED) is 0.783. The number of carbonyl (C=O) groups excluding carboxylic acids is 1. The molecule has 0 aromatic carbocycles. The van der Waals surface area contributed by atoms with Gasteiger partial charge in [-0.25, -0.2) is 0 Å². The van der Waals surface area contributed by atoms with Crippen LogP contribution in [0.5, 0.6) is 0 Å². The molecule has 0 spiro atoms. The summed E-state index contributed by atoms with van der Waals surface area (Å²) in [6.45, 7) is 5.12. The predicted octanol–water partition coefficient (Wildman–Crippen LogP) is 1.19. The summed E-state index contributed by atoms with van der Waals surface area (Å²) in [4.78, 5) is 12.0. The zero-order chi connectivity index (χ0) is 15.4. The van der Waals surface area contributed by atoms with Gasteiger partial charge < -0.3 is 10.1 Å². The first-order valence-electron chi connectivity index (χ1n) is 6.87. The van der Waals surface area contributed by atoms with Crippen LogP contribution in [0.15, 0.2) is 6.07 Å². The summed E-state index contributed by atoms with van der Waals surface area (Å²) >= 11 is 0. The van der Waals surface area contributed by atoms with Crippen LogP contribution in [0.3, 0.4) is 0 Å². The van der Waals surface area contributed by atoms with Crippen molar-refractivity contribution in [3.8, 4) is 11.3 Å². The number of nitrogens with one attached hydrogen (secondary N) is 2. The largest absolute Gasteiger partial charge is 0.385 e. The minimum absolute atomic E-state index is 0.163. The van der Waals surface area contributed by atoms with Gasteiger partial charge in [0.05, 0.1) is 11.4 Å². The Labute approximate surface area is 123 Å². The van der Waals surface area contributed by atoms with Crippen molar-refractivity contribution in [2.24, 2.45) is 7.05 Å². The Morgan fingerprint density at radius 1 is 1.48 bits per heavy atom. The second kappa shape index (κ2) is 6.53. The molecule has 7 nitrogen and oxygen atoms in total. The van der Waals surface area contributed by atoms with Crippen molar-refractivity contribution in [3.05, 3.63) is 23.1 Å². The summed E-state index contributed by atoms with van der Waals surface area (Å²) in [5, 5.41) is 14.2. The fraction of sp³-hybridized carbons (Fsp3) is 0.500. The lowest BCUT2D eigenvalue weighted by molar-refractivity contribution is 0.0943. The highest BCUT2D eigenvalue weighted by Crippen LogP contribution is 2.24. The molecule has 7 heteroatoms. The highest BCUT2D eigenvalue weighted by atomic mass is 16.5. The van der Waals surface area contributed by atoms with Crippen molar-refractivity contribution < 1.29 is 9.53 Å². The molecule has 0 atom stereocenters. The molecule has 0 aliphatic carbocycles. The fourth-order valence-electron chi connectivity index (χ4n) is 2.22. The monoisotopic (exact) mass is 291 g/mol. The van der Waals surface area contributed by atoms with Gasteiger partial charge in [0.1, 0.15) is 5.69 Å². The van der Waals surface area contributed by atoms with Crippen LogP contribution >= 0.6 is 0 Å². The van der Waals surface area contributed by atoms with Crippen molar-refractivity contribution in [1.29, 1.82) is 0 Å². The molecule has 0 bridgehead atoms. The standard InChI is InChI=1S/C14H21N5O2/c1-9-13(10(2)19(3)18-9)11-8-12(17-16-11)14(20)15-6-5-7-21-4/h8H,5-7H2,1-4H3,(H,15,20)(H,16,17). The van der Waals surface area contributed by atoms with Crippen LogP contribution in [0, 0.1) is 13.8 Å². The third kappa shape index (κ3) is 3.30. The number of carbonyl (C=O) groups is 1. The molecule has 0 unspecified atom stereocenters. The Bertz CT molecular complexity index is 629. The number of amides is 1. The third-order valence-corrected chi connectivity index (χ3v) is 3.40. The van der Waals surface area contributed by atoms with E-state index in [-0.39, 0.29) is 5.91 Å². The van der Waals surface area contributed by atoms with E-state index in [4.69, 9.17) is 4.74 Å². The van der Waals surface area contributed by atoms with E-state index in [1.165, 1.54) is 0 Å². The number of hydrogen-bond acceptors (Lipinski definition) is 4. The molecule has 0 radical (unpaired) electrons. The topological polar surface area (TPSA) is 84.8 Å². The van der Waals surface area contributed by atoms with E-state index in [1.54, 1.807) is 13.2 Å². The van der Waals surface area contributed by atoms with Gasteiger partial charge in [-0.3, -0.25) is 14.6 Å². The van der Waals surface area contributed by atoms with Gasteiger partial charge in [0.15, 0.2) is 0 Å². The van der Waals surface area contributed by atoms with E-state index < -0.39 is 0 Å². The molecule has 114 valence electrons. The molecule has 2 heterocycles. The van der Waals surface area contributed by atoms with Crippen molar-refractivity contribution >= 4 is 5.91 Å². The number of ether oxygens (including phenoxy) is 1. The van der Waals surface area contributed by atoms with E-state index in [0.29, 0.717) is 18.8 Å². The zero-order valence-corrected chi connectivity index (χ0v) is 12.9. The lowest BCUT2D eigenvalue weighted by Crippen LogP contribution is -2.25. The molecule has 1 amide bonds. The smallest absolute Gasteiger partial charge is 0.269 e. The van der Waals surface area contributed by atoms with Crippen molar-refractivity contribution in [2.75, 3.05) is 20.3 Å². The first kappa shape index (κ1) is 15.2. The lowest BCUT2D eigenvalue weighted by Gasteiger charge is -2.02. The van der Waals surface area contributed by atoms with Crippen molar-refractivity contribution in [1.82, 2.24) is 25.3 Å². The maximum atomic E-state index is 12.0. The first-order valence-corrected chi connectivity index (χ1v) is 6.87. The predicted molar refractivity (Wildman–Crippen MR) is 79.1 cm³/mol. The molecule has 21 heavy (non-hydrogen) atoms. The van der Waals surface area contributed by atoms with E-state index in [9.17, 15) is 4.79 Å². The summed E-state index contributed by atoms with van der Waals surface area (Å²) < 4.78 is 6.75. The average Bonchev–Trinajstić information content (AvgIpc) is 3.01. The SMILES string of the molecule is COCCCNC(=O)c1cc(-c2c(C)nn(C)c2C)n[nH]1. The molecule has 0 aliphatic heterocycles. The molecule has 2 aromatic heterocycles. The molecule has 2 rings (SSSR count). The van der Waals surface area contributed by atoms with E-state index in [1.807, 2.05) is 25.6 Å². The Hall–Kier alpha value is -2.15. The van der Waals surface area contributed by atoms with Crippen LogP contribution in [-0.4, -0.2) is 46.1 Å². The molecule has 0 aliphatic rings. The van der Waals surface area contributed by atoms with E-state index in [0.717, 1.165) is 29.1 Å². The molecular formula is C14H21N5O2. The number of methoxy groups -OCH3 is 1. The number of rotatable bonds is 6. The van der Waals surface area contributed by atoms with E-state index in [2.05, 4.69) is 20.6 Å². The summed E-state index contributed by atoms with van der Waals surface area (Å²) in [5.74, 6) is -0.163. The summed E-state index contributed by atoms with van der Waals surface area (Å²) in [6.07, 6.45) is 0.782. The summed E-state index contributed by atoms with van der Waals surface area (Å²) in [6, 6.07) is 1.75. The third-order valence-electron chi connectivity index (χ3n) is 3.40. The van der Waals surface area contributed by atoms with Gasteiger partial charge in [-0.05, 0) is 26.3 Å². The molecule has 2 aromatic rings. The van der Waals surface area contributed by atoms with Gasteiger partial charge in [0.2, 0.25) is 0 Å². The Kier molecular flexibility index (Phi) is 4.74. The maximum Gasteiger partial charge on any atom is 0.269 e. The van der Waals surface area contributed by atoms with Gasteiger partial charge in [-0.15, -0.1) is 0 Å². The number of aryl methyl sites for hydroxylation is 2. The van der Waals surface area contributed by atoms with Crippen LogP contribution in [-0.2, 0) is 11.8 Å². The molecule has 0 fully saturated rings. The first-order chi connectivity index (χ1) is 10.0. The number of nitrogens with zero attached hydrogens (tertiary/aromatic N) is 3. The molecular weight excluding hydrogens is 270 g/mol. The normalized spacial score (nSPS) is 10.9. The molecule has 0 saturated heterocycles. The average molecular weight is 291 g/mol. The number of H-pyrrole nitrogens is 1. The minimum atomic E-state index is -0.163. The molecule has 2 N–H and O–H groups in total. The summed E-state index contributed by atoms with van der Waals surface area (Å²) in [5.41, 5.74) is 4.07. The van der Waals surface area contributed by atoms with Crippen LogP contribution in [0.25, 0.3) is 11.3 Å². The summed E-state index contributed by atoms with van der Waals surface area (Å²) in [7, 11) is 3.53. The highest BCUT2D eigenvalue weighted by Gasteiger charge is 2.16. The molecule has 0 saturated carbocycles. The second-order valence-electron chi connectivity index (χ2n) is 4.94. The second-order valence-corrected chi connectivity index (χ2v) is 4.94. The Morgan fingerprint density at radius 2 is 2.24 bits per heavy atom. The van der Waals surface area contributed by atoms with Gasteiger partial charge in [0, 0.05) is 38.6 Å². The number of aromatic nitrogens is 4. The fourth-order valence-corrected chi connectivity index (χ4v) is 2.22. The van der Waals surface area contributed by atoms with Crippen LogP contribution in [0.2, 0.25) is 0 Å². The van der Waals surface area contributed by atoms with Crippen molar-refractivity contribution in [3.63, 3.8) is 0 Å². The Balaban J connectivity index is 2.09.